The summed E-state index contributed by atoms with van der Waals surface area (Å²) >= 11 is 17.7. The maximum Gasteiger partial charge on any atom is 0.277 e. The van der Waals surface area contributed by atoms with Crippen molar-refractivity contribution in [1.29, 1.82) is 0 Å². The molecule has 0 bridgehead atoms. The van der Waals surface area contributed by atoms with Gasteiger partial charge >= 0.3 is 0 Å². The van der Waals surface area contributed by atoms with Gasteiger partial charge in [0.15, 0.2) is 6.61 Å². The summed E-state index contributed by atoms with van der Waals surface area (Å²) in [5.74, 6) is 0.327. The Morgan fingerprint density at radius 3 is 2.40 bits per heavy atom. The molecule has 0 aliphatic heterocycles. The molecule has 0 heterocycles. The van der Waals surface area contributed by atoms with Gasteiger partial charge in [0.05, 0.1) is 21.3 Å². The van der Waals surface area contributed by atoms with Gasteiger partial charge in [-0.1, -0.05) is 72.9 Å². The van der Waals surface area contributed by atoms with Crippen molar-refractivity contribution in [2.24, 2.45) is 5.10 Å². The fourth-order valence-electron chi connectivity index (χ4n) is 1.94. The molecule has 0 saturated carbocycles. The molecule has 7 heteroatoms. The number of carbonyl (C=O) groups is 1. The van der Waals surface area contributed by atoms with Gasteiger partial charge in [0.1, 0.15) is 5.75 Å². The highest BCUT2D eigenvalue weighted by atomic mass is 35.5. The number of hydrazone groups is 1. The SMILES string of the molecule is CC(C)c1ccc(/C=N/NC(=O)COc2cc(Cl)c(Cl)cc2Cl)cc1. The van der Waals surface area contributed by atoms with Gasteiger partial charge in [0, 0.05) is 6.07 Å². The number of ether oxygens (including phenoxy) is 1. The molecular formula is C18H17Cl3N2O2. The molecule has 0 unspecified atom stereocenters. The summed E-state index contributed by atoms with van der Waals surface area (Å²) in [6.07, 6.45) is 1.56. The van der Waals surface area contributed by atoms with Crippen molar-refractivity contribution < 1.29 is 9.53 Å². The van der Waals surface area contributed by atoms with E-state index in [1.165, 1.54) is 17.7 Å². The summed E-state index contributed by atoms with van der Waals surface area (Å²) in [6.45, 7) is 4.01. The Morgan fingerprint density at radius 1 is 1.12 bits per heavy atom. The van der Waals surface area contributed by atoms with Crippen molar-refractivity contribution in [2.45, 2.75) is 19.8 Å². The first-order valence-corrected chi connectivity index (χ1v) is 8.69. The van der Waals surface area contributed by atoms with E-state index in [2.05, 4.69) is 24.4 Å². The van der Waals surface area contributed by atoms with Crippen LogP contribution in [0.2, 0.25) is 15.1 Å². The molecule has 4 nitrogen and oxygen atoms in total. The Kier molecular flexibility index (Phi) is 7.12. The van der Waals surface area contributed by atoms with Crippen molar-refractivity contribution in [2.75, 3.05) is 6.61 Å². The van der Waals surface area contributed by atoms with Crippen LogP contribution in [0.5, 0.6) is 5.75 Å². The second-order valence-electron chi connectivity index (χ2n) is 5.60. The molecule has 1 N–H and O–H groups in total. The molecule has 25 heavy (non-hydrogen) atoms. The predicted octanol–water partition coefficient (Wildman–Crippen LogP) is 5.30. The van der Waals surface area contributed by atoms with E-state index in [0.29, 0.717) is 16.0 Å². The lowest BCUT2D eigenvalue weighted by molar-refractivity contribution is -0.123. The van der Waals surface area contributed by atoms with Gasteiger partial charge in [-0.25, -0.2) is 5.43 Å². The second-order valence-corrected chi connectivity index (χ2v) is 6.82. The minimum absolute atomic E-state index is 0.249. The molecule has 1 amide bonds. The number of carbonyl (C=O) groups excluding carboxylic acids is 1. The van der Waals surface area contributed by atoms with Crippen molar-refractivity contribution in [1.82, 2.24) is 5.43 Å². The second kappa shape index (κ2) is 9.09. The third-order valence-electron chi connectivity index (χ3n) is 3.34. The van der Waals surface area contributed by atoms with E-state index in [9.17, 15) is 4.79 Å². The standard InChI is InChI=1S/C18H17Cl3N2O2/c1-11(2)13-5-3-12(4-6-13)9-22-23-18(24)10-25-17-8-15(20)14(19)7-16(17)21/h3-9,11H,10H2,1-2H3,(H,23,24)/b22-9+. The molecule has 2 aromatic rings. The largest absolute Gasteiger partial charge is 0.482 e. The van der Waals surface area contributed by atoms with Crippen molar-refractivity contribution in [3.05, 3.63) is 62.6 Å². The lowest BCUT2D eigenvalue weighted by Crippen LogP contribution is -2.24. The van der Waals surface area contributed by atoms with Gasteiger partial charge in [-0.15, -0.1) is 0 Å². The topological polar surface area (TPSA) is 50.7 Å². The number of rotatable bonds is 6. The minimum Gasteiger partial charge on any atom is -0.482 e. The zero-order chi connectivity index (χ0) is 18.4. The Balaban J connectivity index is 1.85. The summed E-state index contributed by atoms with van der Waals surface area (Å²) < 4.78 is 5.32. The van der Waals surface area contributed by atoms with Crippen molar-refractivity contribution >= 4 is 46.9 Å². The first-order chi connectivity index (χ1) is 11.9. The highest BCUT2D eigenvalue weighted by molar-refractivity contribution is 6.43. The predicted molar refractivity (Wildman–Crippen MR) is 103 cm³/mol. The zero-order valence-electron chi connectivity index (χ0n) is 13.7. The number of hydrogen-bond acceptors (Lipinski definition) is 3. The maximum atomic E-state index is 11.8. The van der Waals surface area contributed by atoms with Crippen LogP contribution in [0.15, 0.2) is 41.5 Å². The first-order valence-electron chi connectivity index (χ1n) is 7.56. The van der Waals surface area contributed by atoms with E-state index in [1.54, 1.807) is 6.21 Å². The highest BCUT2D eigenvalue weighted by Gasteiger charge is 2.09. The summed E-state index contributed by atoms with van der Waals surface area (Å²) in [5, 5.41) is 4.78. The Morgan fingerprint density at radius 2 is 1.76 bits per heavy atom. The van der Waals surface area contributed by atoms with E-state index in [1.807, 2.05) is 24.3 Å². The van der Waals surface area contributed by atoms with Crippen LogP contribution in [0.3, 0.4) is 0 Å². The number of hydrogen-bond donors (Lipinski definition) is 1. The lowest BCUT2D eigenvalue weighted by Gasteiger charge is -2.08. The summed E-state index contributed by atoms with van der Waals surface area (Å²) in [6, 6.07) is 10.9. The van der Waals surface area contributed by atoms with E-state index in [0.717, 1.165) is 5.56 Å². The van der Waals surface area contributed by atoms with Crippen molar-refractivity contribution in [3.8, 4) is 5.75 Å². The molecule has 0 radical (unpaired) electrons. The number of nitrogens with zero attached hydrogens (tertiary/aromatic N) is 1. The molecule has 2 rings (SSSR count). The van der Waals surface area contributed by atoms with E-state index >= 15 is 0 Å². The number of amides is 1. The molecule has 132 valence electrons. The average Bonchev–Trinajstić information content (AvgIpc) is 2.57. The lowest BCUT2D eigenvalue weighted by atomic mass is 10.0. The van der Waals surface area contributed by atoms with Crippen LogP contribution in [0.25, 0.3) is 0 Å². The zero-order valence-corrected chi connectivity index (χ0v) is 16.0. The van der Waals surface area contributed by atoms with Crippen LogP contribution in [0.1, 0.15) is 30.9 Å². The Labute approximate surface area is 161 Å². The van der Waals surface area contributed by atoms with Crippen LogP contribution in [-0.2, 0) is 4.79 Å². The third-order valence-corrected chi connectivity index (χ3v) is 4.36. The van der Waals surface area contributed by atoms with Gasteiger partial charge in [-0.2, -0.15) is 5.10 Å². The fraction of sp³-hybridized carbons (Fsp3) is 0.222. The monoisotopic (exact) mass is 398 g/mol. The summed E-state index contributed by atoms with van der Waals surface area (Å²) in [4.78, 5) is 11.8. The third kappa shape index (κ3) is 5.92. The molecule has 0 atom stereocenters. The molecule has 0 aliphatic rings. The molecule has 0 fully saturated rings. The van der Waals surface area contributed by atoms with Gasteiger partial charge in [0.25, 0.3) is 5.91 Å². The number of nitrogens with one attached hydrogen (secondary N) is 1. The van der Waals surface area contributed by atoms with Gasteiger partial charge in [-0.05, 0) is 23.1 Å². The first kappa shape index (κ1) is 19.6. The fourth-order valence-corrected chi connectivity index (χ4v) is 2.53. The van der Waals surface area contributed by atoms with Gasteiger partial charge < -0.3 is 4.74 Å². The van der Waals surface area contributed by atoms with Crippen LogP contribution < -0.4 is 10.2 Å². The van der Waals surface area contributed by atoms with Crippen LogP contribution >= 0.6 is 34.8 Å². The summed E-state index contributed by atoms with van der Waals surface area (Å²) in [5.41, 5.74) is 4.52. The quantitative estimate of drug-likeness (QED) is 0.407. The minimum atomic E-state index is -0.419. The molecular weight excluding hydrogens is 383 g/mol. The van der Waals surface area contributed by atoms with E-state index < -0.39 is 5.91 Å². The Hall–Kier alpha value is -1.75. The number of halogens is 3. The highest BCUT2D eigenvalue weighted by Crippen LogP contribution is 2.33. The molecule has 0 saturated heterocycles. The molecule has 0 spiro atoms. The van der Waals surface area contributed by atoms with Crippen LogP contribution in [0, 0.1) is 0 Å². The van der Waals surface area contributed by atoms with Gasteiger partial charge in [-0.3, -0.25) is 4.79 Å². The smallest absolute Gasteiger partial charge is 0.277 e. The van der Waals surface area contributed by atoms with E-state index in [-0.39, 0.29) is 17.4 Å². The molecule has 0 aromatic heterocycles. The Bertz CT molecular complexity index is 775. The summed E-state index contributed by atoms with van der Waals surface area (Å²) in [7, 11) is 0. The average molecular weight is 400 g/mol. The maximum absolute atomic E-state index is 11.8. The molecule has 2 aromatic carbocycles. The van der Waals surface area contributed by atoms with Crippen molar-refractivity contribution in [3.63, 3.8) is 0 Å². The number of benzene rings is 2. The normalized spacial score (nSPS) is 11.1. The van der Waals surface area contributed by atoms with Crippen LogP contribution in [-0.4, -0.2) is 18.7 Å². The molecule has 0 aliphatic carbocycles. The van der Waals surface area contributed by atoms with E-state index in [4.69, 9.17) is 39.5 Å². The van der Waals surface area contributed by atoms with Gasteiger partial charge in [0.2, 0.25) is 0 Å². The van der Waals surface area contributed by atoms with Crippen LogP contribution in [0.4, 0.5) is 0 Å².